The molecule has 1 amide bonds. The first kappa shape index (κ1) is 33.4. The van der Waals surface area contributed by atoms with Crippen molar-refractivity contribution in [1.82, 2.24) is 10.2 Å². The fourth-order valence-electron chi connectivity index (χ4n) is 5.74. The number of aliphatic hydroxyl groups is 1. The summed E-state index contributed by atoms with van der Waals surface area (Å²) in [5.74, 6) is 0. The van der Waals surface area contributed by atoms with Gasteiger partial charge in [0.05, 0.1) is 16.7 Å². The molecule has 1 aliphatic rings. The number of nitrogens with zero attached hydrogens (tertiary/aromatic N) is 1. The van der Waals surface area contributed by atoms with Crippen molar-refractivity contribution in [2.75, 3.05) is 26.2 Å². The van der Waals surface area contributed by atoms with E-state index in [2.05, 4.69) is 10.2 Å². The minimum absolute atomic E-state index is 0. The van der Waals surface area contributed by atoms with Crippen LogP contribution in [-0.2, 0) is 28.2 Å². The van der Waals surface area contributed by atoms with Gasteiger partial charge in [-0.2, -0.15) is 26.3 Å². The summed E-state index contributed by atoms with van der Waals surface area (Å²) in [4.78, 5) is 13.4. The molecule has 2 N–H and O–H groups in total. The van der Waals surface area contributed by atoms with Crippen LogP contribution in [0.1, 0.15) is 53.5 Å². The molecule has 0 bridgehead atoms. The minimum Gasteiger partial charge on any atom is -0.385 e. The van der Waals surface area contributed by atoms with Crippen LogP contribution in [0.5, 0.6) is 0 Å². The van der Waals surface area contributed by atoms with E-state index in [1.807, 2.05) is 60.7 Å². The van der Waals surface area contributed by atoms with Gasteiger partial charge in [-0.05, 0) is 67.1 Å². The van der Waals surface area contributed by atoms with Crippen LogP contribution in [0.3, 0.4) is 0 Å². The molecular formula is C31H33ClF6N2O2. The van der Waals surface area contributed by atoms with E-state index in [0.717, 1.165) is 11.1 Å². The smallest absolute Gasteiger partial charge is 0.385 e. The van der Waals surface area contributed by atoms with Gasteiger partial charge < -0.3 is 15.3 Å². The van der Waals surface area contributed by atoms with Gasteiger partial charge >= 0.3 is 12.4 Å². The van der Waals surface area contributed by atoms with Crippen LogP contribution >= 0.6 is 12.4 Å². The van der Waals surface area contributed by atoms with Crippen LogP contribution in [0.4, 0.5) is 26.3 Å². The van der Waals surface area contributed by atoms with Crippen molar-refractivity contribution in [2.45, 2.75) is 49.1 Å². The van der Waals surface area contributed by atoms with Crippen molar-refractivity contribution in [1.29, 1.82) is 0 Å². The van der Waals surface area contributed by atoms with Crippen molar-refractivity contribution in [3.8, 4) is 0 Å². The molecule has 1 fully saturated rings. The van der Waals surface area contributed by atoms with Gasteiger partial charge in [0.2, 0.25) is 6.41 Å². The Morgan fingerprint density at radius 3 is 1.69 bits per heavy atom. The number of hydrogen-bond donors (Lipinski definition) is 2. The van der Waals surface area contributed by atoms with Gasteiger partial charge in [0.1, 0.15) is 0 Å². The molecule has 0 spiro atoms. The van der Waals surface area contributed by atoms with E-state index < -0.39 is 34.5 Å². The van der Waals surface area contributed by atoms with Crippen molar-refractivity contribution >= 4 is 18.8 Å². The topological polar surface area (TPSA) is 52.6 Å². The summed E-state index contributed by atoms with van der Waals surface area (Å²) in [6.07, 6.45) is -7.91. The highest BCUT2D eigenvalue weighted by Crippen LogP contribution is 2.42. The summed E-state index contributed by atoms with van der Waals surface area (Å²) in [6.45, 7) is 1.60. The van der Waals surface area contributed by atoms with Gasteiger partial charge in [-0.3, -0.25) is 4.79 Å². The molecule has 0 aromatic heterocycles. The number of halogens is 7. The minimum atomic E-state index is -4.98. The molecule has 3 aromatic carbocycles. The molecule has 0 unspecified atom stereocenters. The monoisotopic (exact) mass is 614 g/mol. The standard InChI is InChI=1S/C31H32F6N2O2.ClH/c32-30(33,34)26-18-25(19-27(20-26)31(35,36)37)29(41)13-16-39(17-14-29)15-7-12-28(21-38-22-40,23-8-3-1-4-9-23)24-10-5-2-6-11-24;/h1-6,8-11,18-20,22,41H,7,12-17,21H2,(H,38,40);1H. The van der Waals surface area contributed by atoms with Crippen molar-refractivity contribution in [3.63, 3.8) is 0 Å². The van der Waals surface area contributed by atoms with Crippen LogP contribution in [-0.4, -0.2) is 42.6 Å². The molecule has 1 aliphatic heterocycles. The van der Waals surface area contributed by atoms with E-state index >= 15 is 0 Å². The third kappa shape index (κ3) is 7.65. The molecule has 4 rings (SSSR count). The van der Waals surface area contributed by atoms with Gasteiger partial charge in [0, 0.05) is 25.0 Å². The Morgan fingerprint density at radius 1 is 0.786 bits per heavy atom. The Bertz CT molecular complexity index is 1220. The quantitative estimate of drug-likeness (QED) is 0.192. The van der Waals surface area contributed by atoms with E-state index in [0.29, 0.717) is 57.6 Å². The predicted molar refractivity (Wildman–Crippen MR) is 150 cm³/mol. The fraction of sp³-hybridized carbons (Fsp3) is 0.387. The second kappa shape index (κ2) is 13.5. The molecule has 11 heteroatoms. The zero-order chi connectivity index (χ0) is 29.7. The lowest BCUT2D eigenvalue weighted by Gasteiger charge is -2.40. The van der Waals surface area contributed by atoms with Crippen LogP contribution in [0.25, 0.3) is 0 Å². The summed E-state index contributed by atoms with van der Waals surface area (Å²) in [6, 6.07) is 21.0. The molecule has 0 radical (unpaired) electrons. The van der Waals surface area contributed by atoms with Crippen LogP contribution < -0.4 is 5.32 Å². The number of carbonyl (C=O) groups is 1. The molecule has 42 heavy (non-hydrogen) atoms. The third-order valence-electron chi connectivity index (χ3n) is 8.03. The first-order chi connectivity index (χ1) is 19.4. The largest absolute Gasteiger partial charge is 0.416 e. The highest BCUT2D eigenvalue weighted by molar-refractivity contribution is 5.85. The average Bonchev–Trinajstić information content (AvgIpc) is 2.96. The summed E-state index contributed by atoms with van der Waals surface area (Å²) < 4.78 is 80.2. The number of alkyl halides is 6. The molecule has 1 saturated heterocycles. The van der Waals surface area contributed by atoms with Crippen molar-refractivity contribution in [3.05, 3.63) is 107 Å². The second-order valence-electron chi connectivity index (χ2n) is 10.6. The first-order valence-corrected chi connectivity index (χ1v) is 13.4. The SMILES string of the molecule is Cl.O=CNCC(CCCN1CCC(O)(c2cc(C(F)(F)F)cc(C(F)(F)F)c2)CC1)(c1ccccc1)c1ccccc1. The Morgan fingerprint density at radius 2 is 1.26 bits per heavy atom. The zero-order valence-electron chi connectivity index (χ0n) is 22.7. The molecule has 0 saturated carbocycles. The van der Waals surface area contributed by atoms with Gasteiger partial charge in [0.15, 0.2) is 0 Å². The number of nitrogens with one attached hydrogen (secondary N) is 1. The van der Waals surface area contributed by atoms with Gasteiger partial charge in [-0.25, -0.2) is 0 Å². The van der Waals surface area contributed by atoms with Crippen LogP contribution in [0.2, 0.25) is 0 Å². The Labute approximate surface area is 247 Å². The maximum Gasteiger partial charge on any atom is 0.416 e. The molecule has 0 aliphatic carbocycles. The molecule has 1 heterocycles. The summed E-state index contributed by atoms with van der Waals surface area (Å²) in [7, 11) is 0. The van der Waals surface area contributed by atoms with Crippen LogP contribution in [0, 0.1) is 0 Å². The maximum absolute atomic E-state index is 13.4. The summed E-state index contributed by atoms with van der Waals surface area (Å²) >= 11 is 0. The molecule has 3 aromatic rings. The predicted octanol–water partition coefficient (Wildman–Crippen LogP) is 6.94. The van der Waals surface area contributed by atoms with Crippen molar-refractivity contribution in [2.24, 2.45) is 0 Å². The number of hydrogen-bond acceptors (Lipinski definition) is 3. The Kier molecular flexibility index (Phi) is 10.7. The van der Waals surface area contributed by atoms with Gasteiger partial charge in [-0.1, -0.05) is 60.7 Å². The van der Waals surface area contributed by atoms with E-state index in [9.17, 15) is 36.2 Å². The number of amides is 1. The lowest BCUT2D eigenvalue weighted by Crippen LogP contribution is -2.44. The highest BCUT2D eigenvalue weighted by Gasteiger charge is 2.41. The summed E-state index contributed by atoms with van der Waals surface area (Å²) in [5, 5.41) is 14.0. The van der Waals surface area contributed by atoms with E-state index in [1.54, 1.807) is 0 Å². The lowest BCUT2D eigenvalue weighted by molar-refractivity contribution is -0.143. The number of piperidine rings is 1. The third-order valence-corrected chi connectivity index (χ3v) is 8.03. The number of benzene rings is 3. The molecular weight excluding hydrogens is 582 g/mol. The van der Waals surface area contributed by atoms with Gasteiger partial charge in [-0.15, -0.1) is 12.4 Å². The van der Waals surface area contributed by atoms with E-state index in [1.165, 1.54) is 0 Å². The zero-order valence-corrected chi connectivity index (χ0v) is 23.5. The number of likely N-dealkylation sites (tertiary alicyclic amines) is 1. The van der Waals surface area contributed by atoms with E-state index in [-0.39, 0.29) is 36.9 Å². The maximum atomic E-state index is 13.4. The number of rotatable bonds is 10. The normalized spacial score (nSPS) is 16.0. The van der Waals surface area contributed by atoms with Crippen LogP contribution in [0.15, 0.2) is 78.9 Å². The summed E-state index contributed by atoms with van der Waals surface area (Å²) in [5.41, 5.74) is -3.46. The number of carbonyl (C=O) groups excluding carboxylic acids is 1. The van der Waals surface area contributed by atoms with Crippen molar-refractivity contribution < 1.29 is 36.2 Å². The molecule has 228 valence electrons. The molecule has 0 atom stereocenters. The fourth-order valence-corrected chi connectivity index (χ4v) is 5.74. The Balaban J connectivity index is 0.00000484. The van der Waals surface area contributed by atoms with Gasteiger partial charge in [0.25, 0.3) is 0 Å². The Hall–Kier alpha value is -3.08. The second-order valence-corrected chi connectivity index (χ2v) is 10.6. The molecule has 4 nitrogen and oxygen atoms in total. The average molecular weight is 615 g/mol. The van der Waals surface area contributed by atoms with E-state index in [4.69, 9.17) is 0 Å². The highest BCUT2D eigenvalue weighted by atomic mass is 35.5. The lowest BCUT2D eigenvalue weighted by atomic mass is 9.71. The first-order valence-electron chi connectivity index (χ1n) is 13.4.